The molecule has 1 aromatic rings. The lowest BCUT2D eigenvalue weighted by Crippen LogP contribution is -2.40. The van der Waals surface area contributed by atoms with Crippen LogP contribution in [-0.4, -0.2) is 30.4 Å². The number of carbonyl (C=O) groups excluding carboxylic acids is 1. The highest BCUT2D eigenvalue weighted by atomic mass is 35.5. The molecule has 0 radical (unpaired) electrons. The van der Waals surface area contributed by atoms with Crippen LogP contribution in [0.3, 0.4) is 0 Å². The lowest BCUT2D eigenvalue weighted by molar-refractivity contribution is 0.0743. The van der Waals surface area contributed by atoms with Gasteiger partial charge in [0.1, 0.15) is 5.82 Å². The predicted octanol–water partition coefficient (Wildman–Crippen LogP) is 2.32. The lowest BCUT2D eigenvalue weighted by atomic mass is 10.1. The highest BCUT2D eigenvalue weighted by molar-refractivity contribution is 6.30. The van der Waals surface area contributed by atoms with E-state index in [4.69, 9.17) is 17.3 Å². The maximum Gasteiger partial charge on any atom is 0.256 e. The van der Waals surface area contributed by atoms with Crippen molar-refractivity contribution in [3.8, 4) is 0 Å². The molecule has 0 aromatic heterocycles. The van der Waals surface area contributed by atoms with Crippen molar-refractivity contribution in [3.63, 3.8) is 0 Å². The van der Waals surface area contributed by atoms with E-state index in [-0.39, 0.29) is 24.0 Å². The van der Waals surface area contributed by atoms with Gasteiger partial charge in [-0.15, -0.1) is 12.4 Å². The van der Waals surface area contributed by atoms with Gasteiger partial charge in [0.25, 0.3) is 5.91 Å². The van der Waals surface area contributed by atoms with Gasteiger partial charge in [0.2, 0.25) is 0 Å². The molecule has 0 aliphatic heterocycles. The van der Waals surface area contributed by atoms with Crippen LogP contribution in [0.5, 0.6) is 0 Å². The Labute approximate surface area is 111 Å². The normalized spacial score (nSPS) is 11.6. The molecule has 0 spiro atoms. The minimum Gasteiger partial charge on any atom is -0.338 e. The number of halogens is 3. The van der Waals surface area contributed by atoms with Crippen molar-refractivity contribution < 1.29 is 9.18 Å². The topological polar surface area (TPSA) is 46.3 Å². The fourth-order valence-corrected chi connectivity index (χ4v) is 1.38. The maximum absolute atomic E-state index is 13.4. The number of nitrogens with zero attached hydrogens (tertiary/aromatic N) is 1. The Morgan fingerprint density at radius 3 is 2.71 bits per heavy atom. The summed E-state index contributed by atoms with van der Waals surface area (Å²) in [7, 11) is 1.58. The van der Waals surface area contributed by atoms with Crippen LogP contribution in [0.2, 0.25) is 5.02 Å². The molecule has 96 valence electrons. The van der Waals surface area contributed by atoms with Crippen LogP contribution < -0.4 is 5.73 Å². The fraction of sp³-hybridized carbons (Fsp3) is 0.364. The average molecular weight is 281 g/mol. The molecule has 6 heteroatoms. The number of benzene rings is 1. The molecule has 0 saturated heterocycles. The Kier molecular flexibility index (Phi) is 6.45. The van der Waals surface area contributed by atoms with E-state index in [1.807, 2.05) is 0 Å². The number of likely N-dealkylation sites (N-methyl/N-ethyl adjacent to an activating group) is 1. The fourth-order valence-electron chi connectivity index (χ4n) is 1.21. The van der Waals surface area contributed by atoms with Crippen molar-refractivity contribution in [2.24, 2.45) is 5.73 Å². The van der Waals surface area contributed by atoms with Crippen LogP contribution in [-0.2, 0) is 0 Å². The van der Waals surface area contributed by atoms with Crippen molar-refractivity contribution in [3.05, 3.63) is 34.6 Å². The molecular formula is C11H15Cl2FN2O. The summed E-state index contributed by atoms with van der Waals surface area (Å²) in [5.74, 6) is -0.997. The molecule has 1 atom stereocenters. The summed E-state index contributed by atoms with van der Waals surface area (Å²) >= 11 is 5.72. The molecule has 1 amide bonds. The zero-order valence-electron chi connectivity index (χ0n) is 9.61. The quantitative estimate of drug-likeness (QED) is 0.924. The molecule has 0 heterocycles. The second kappa shape index (κ2) is 6.79. The molecule has 17 heavy (non-hydrogen) atoms. The highest BCUT2D eigenvalue weighted by Crippen LogP contribution is 2.17. The van der Waals surface area contributed by atoms with Crippen LogP contribution in [0.1, 0.15) is 17.3 Å². The SMILES string of the molecule is CC(CN)N(C)C(=O)c1cc(Cl)ccc1F.Cl. The monoisotopic (exact) mass is 280 g/mol. The first-order chi connectivity index (χ1) is 7.47. The van der Waals surface area contributed by atoms with Gasteiger partial charge in [-0.1, -0.05) is 11.6 Å². The van der Waals surface area contributed by atoms with Gasteiger partial charge >= 0.3 is 0 Å². The Morgan fingerprint density at radius 1 is 1.59 bits per heavy atom. The van der Waals surface area contributed by atoms with E-state index in [1.54, 1.807) is 14.0 Å². The van der Waals surface area contributed by atoms with Crippen LogP contribution in [0, 0.1) is 5.82 Å². The standard InChI is InChI=1S/C11H14ClFN2O.ClH/c1-7(6-14)15(2)11(16)9-5-8(12)3-4-10(9)13;/h3-5,7H,6,14H2,1-2H3;1H. The van der Waals surface area contributed by atoms with Gasteiger partial charge in [0.05, 0.1) is 5.56 Å². The molecule has 2 N–H and O–H groups in total. The van der Waals surface area contributed by atoms with Gasteiger partial charge in [0.15, 0.2) is 0 Å². The van der Waals surface area contributed by atoms with Gasteiger partial charge in [-0.25, -0.2) is 4.39 Å². The first-order valence-electron chi connectivity index (χ1n) is 4.89. The van der Waals surface area contributed by atoms with Gasteiger partial charge in [-0.3, -0.25) is 4.79 Å². The Bertz CT molecular complexity index is 401. The Hall–Kier alpha value is -0.840. The van der Waals surface area contributed by atoms with E-state index >= 15 is 0 Å². The maximum atomic E-state index is 13.4. The summed E-state index contributed by atoms with van der Waals surface area (Å²) in [6.45, 7) is 2.12. The minimum atomic E-state index is -0.578. The van der Waals surface area contributed by atoms with Crippen molar-refractivity contribution in [2.75, 3.05) is 13.6 Å². The third kappa shape index (κ3) is 3.84. The van der Waals surface area contributed by atoms with Gasteiger partial charge in [-0.2, -0.15) is 0 Å². The van der Waals surface area contributed by atoms with Crippen molar-refractivity contribution >= 4 is 29.9 Å². The first kappa shape index (κ1) is 16.2. The molecule has 3 nitrogen and oxygen atoms in total. The lowest BCUT2D eigenvalue weighted by Gasteiger charge is -2.23. The Morgan fingerprint density at radius 2 is 2.18 bits per heavy atom. The van der Waals surface area contributed by atoms with E-state index in [1.165, 1.54) is 23.1 Å². The first-order valence-corrected chi connectivity index (χ1v) is 5.27. The summed E-state index contributed by atoms with van der Waals surface area (Å²) in [5.41, 5.74) is 5.41. The van der Waals surface area contributed by atoms with E-state index in [0.717, 1.165) is 0 Å². The van der Waals surface area contributed by atoms with Gasteiger partial charge in [-0.05, 0) is 25.1 Å². The van der Waals surface area contributed by atoms with Gasteiger partial charge in [0, 0.05) is 24.7 Å². The molecule has 0 bridgehead atoms. The number of nitrogens with two attached hydrogens (primary N) is 1. The third-order valence-corrected chi connectivity index (χ3v) is 2.72. The predicted molar refractivity (Wildman–Crippen MR) is 69.3 cm³/mol. The van der Waals surface area contributed by atoms with Crippen LogP contribution in [0.25, 0.3) is 0 Å². The van der Waals surface area contributed by atoms with Crippen LogP contribution in [0.4, 0.5) is 4.39 Å². The van der Waals surface area contributed by atoms with E-state index in [0.29, 0.717) is 11.6 Å². The minimum absolute atomic E-state index is 0. The largest absolute Gasteiger partial charge is 0.338 e. The van der Waals surface area contributed by atoms with E-state index < -0.39 is 11.7 Å². The molecule has 0 saturated carbocycles. The molecule has 0 fully saturated rings. The molecule has 1 rings (SSSR count). The van der Waals surface area contributed by atoms with Crippen LogP contribution in [0.15, 0.2) is 18.2 Å². The zero-order valence-corrected chi connectivity index (χ0v) is 11.2. The summed E-state index contributed by atoms with van der Waals surface area (Å²) < 4.78 is 13.4. The summed E-state index contributed by atoms with van der Waals surface area (Å²) in [6.07, 6.45) is 0. The number of rotatable bonds is 3. The Balaban J connectivity index is 0.00000256. The number of hydrogen-bond donors (Lipinski definition) is 1. The average Bonchev–Trinajstić information content (AvgIpc) is 2.29. The second-order valence-electron chi connectivity index (χ2n) is 3.62. The second-order valence-corrected chi connectivity index (χ2v) is 4.06. The van der Waals surface area contributed by atoms with Crippen molar-refractivity contribution in [2.45, 2.75) is 13.0 Å². The summed E-state index contributed by atoms with van der Waals surface area (Å²) in [4.78, 5) is 13.3. The van der Waals surface area contributed by atoms with Crippen molar-refractivity contribution in [1.29, 1.82) is 0 Å². The molecule has 0 aliphatic rings. The zero-order chi connectivity index (χ0) is 12.3. The smallest absolute Gasteiger partial charge is 0.256 e. The molecular weight excluding hydrogens is 266 g/mol. The summed E-state index contributed by atoms with van der Waals surface area (Å²) in [5, 5.41) is 0.332. The number of carbonyl (C=O) groups is 1. The molecule has 1 unspecified atom stereocenters. The molecule has 1 aromatic carbocycles. The molecule has 0 aliphatic carbocycles. The van der Waals surface area contributed by atoms with E-state index in [9.17, 15) is 9.18 Å². The summed E-state index contributed by atoms with van der Waals surface area (Å²) in [6, 6.07) is 3.75. The third-order valence-electron chi connectivity index (χ3n) is 2.48. The van der Waals surface area contributed by atoms with Crippen LogP contribution >= 0.6 is 24.0 Å². The highest BCUT2D eigenvalue weighted by Gasteiger charge is 2.19. The van der Waals surface area contributed by atoms with E-state index in [2.05, 4.69) is 0 Å². The van der Waals surface area contributed by atoms with Gasteiger partial charge < -0.3 is 10.6 Å². The number of hydrogen-bond acceptors (Lipinski definition) is 2. The van der Waals surface area contributed by atoms with Crippen molar-refractivity contribution in [1.82, 2.24) is 4.90 Å². The number of amides is 1.